The number of thioether (sulfide) groups is 1. The van der Waals surface area contributed by atoms with Crippen LogP contribution in [-0.4, -0.2) is 10.7 Å². The zero-order chi connectivity index (χ0) is 14.5. The average Bonchev–Trinajstić information content (AvgIpc) is 2.84. The van der Waals surface area contributed by atoms with E-state index < -0.39 is 5.76 Å². The molecule has 0 aliphatic carbocycles. The Morgan fingerprint density at radius 1 is 1.35 bits per heavy atom. The summed E-state index contributed by atoms with van der Waals surface area (Å²) in [4.78, 5) is 3.99. The van der Waals surface area contributed by atoms with Gasteiger partial charge in [-0.25, -0.2) is 4.98 Å². The van der Waals surface area contributed by atoms with E-state index in [1.54, 1.807) is 18.3 Å². The van der Waals surface area contributed by atoms with E-state index in [0.717, 1.165) is 11.3 Å². The molecule has 0 saturated carbocycles. The lowest BCUT2D eigenvalue weighted by Gasteiger charge is -2.09. The van der Waals surface area contributed by atoms with Crippen molar-refractivity contribution in [2.24, 2.45) is 0 Å². The van der Waals surface area contributed by atoms with E-state index in [4.69, 9.17) is 16.0 Å². The zero-order valence-corrected chi connectivity index (χ0v) is 12.3. The third-order valence-electron chi connectivity index (χ3n) is 2.62. The summed E-state index contributed by atoms with van der Waals surface area (Å²) >= 11 is 6.53. The van der Waals surface area contributed by atoms with Crippen LogP contribution in [0, 0.1) is 6.92 Å². The van der Waals surface area contributed by atoms with Gasteiger partial charge in [0.05, 0.1) is 18.0 Å². The number of hydrogen-bond donors (Lipinski definition) is 1. The maximum absolute atomic E-state index is 12.1. The van der Waals surface area contributed by atoms with Crippen LogP contribution in [0.15, 0.2) is 28.8 Å². The van der Waals surface area contributed by atoms with Crippen molar-refractivity contribution in [2.45, 2.75) is 25.0 Å². The van der Waals surface area contributed by atoms with Gasteiger partial charge in [0.15, 0.2) is 5.15 Å². The lowest BCUT2D eigenvalue weighted by molar-refractivity contribution is 0.251. The maximum Gasteiger partial charge on any atom is 0.284 e. The fourth-order valence-electron chi connectivity index (χ4n) is 1.65. The molecular formula is C13H13ClF2N2OS. The first-order chi connectivity index (χ1) is 9.56. The number of aryl methyl sites for hydroxylation is 1. The van der Waals surface area contributed by atoms with Gasteiger partial charge >= 0.3 is 0 Å². The number of halogens is 3. The van der Waals surface area contributed by atoms with Crippen molar-refractivity contribution < 1.29 is 13.2 Å². The Hall–Kier alpha value is -1.27. The molecule has 0 aliphatic heterocycles. The highest BCUT2D eigenvalue weighted by molar-refractivity contribution is 7.98. The number of nitrogens with one attached hydrogen (secondary N) is 1. The van der Waals surface area contributed by atoms with E-state index in [1.807, 2.05) is 13.0 Å². The second-order valence-corrected chi connectivity index (χ2v) is 5.42. The van der Waals surface area contributed by atoms with E-state index in [2.05, 4.69) is 10.3 Å². The van der Waals surface area contributed by atoms with Crippen LogP contribution in [0.3, 0.4) is 0 Å². The molecule has 2 rings (SSSR count). The van der Waals surface area contributed by atoms with Crippen LogP contribution in [0.25, 0.3) is 0 Å². The van der Waals surface area contributed by atoms with Gasteiger partial charge in [-0.3, -0.25) is 0 Å². The molecule has 3 nitrogen and oxygen atoms in total. The number of nitrogens with zero attached hydrogens (tertiary/aromatic N) is 1. The lowest BCUT2D eigenvalue weighted by Crippen LogP contribution is -2.01. The summed E-state index contributed by atoms with van der Waals surface area (Å²) in [5.41, 5.74) is 1.72. The second kappa shape index (κ2) is 6.95. The molecular weight excluding hydrogens is 306 g/mol. The minimum atomic E-state index is -2.39. The van der Waals surface area contributed by atoms with Gasteiger partial charge in [-0.1, -0.05) is 23.4 Å². The van der Waals surface area contributed by atoms with E-state index in [0.29, 0.717) is 35.0 Å². The molecule has 0 amide bonds. The van der Waals surface area contributed by atoms with Gasteiger partial charge < -0.3 is 9.73 Å². The van der Waals surface area contributed by atoms with Crippen molar-refractivity contribution in [3.63, 3.8) is 0 Å². The maximum atomic E-state index is 12.1. The number of anilines is 1. The quantitative estimate of drug-likeness (QED) is 0.783. The monoisotopic (exact) mass is 318 g/mol. The lowest BCUT2D eigenvalue weighted by atomic mass is 10.2. The van der Waals surface area contributed by atoms with Gasteiger partial charge in [0, 0.05) is 6.20 Å². The predicted octanol–water partition coefficient (Wildman–Crippen LogP) is 4.70. The number of alkyl halides is 2. The summed E-state index contributed by atoms with van der Waals surface area (Å²) < 4.78 is 29.6. The Labute approximate surface area is 124 Å². The number of pyridine rings is 1. The molecule has 20 heavy (non-hydrogen) atoms. The number of aromatic nitrogens is 1. The molecule has 0 radical (unpaired) electrons. The zero-order valence-electron chi connectivity index (χ0n) is 10.7. The Kier molecular flexibility index (Phi) is 5.25. The Bertz CT molecular complexity index is 557. The molecule has 108 valence electrons. The van der Waals surface area contributed by atoms with Gasteiger partial charge in [-0.05, 0) is 30.7 Å². The Morgan fingerprint density at radius 3 is 2.80 bits per heavy atom. The third-order valence-corrected chi connectivity index (χ3v) is 3.61. The summed E-state index contributed by atoms with van der Waals surface area (Å²) in [7, 11) is 0. The van der Waals surface area contributed by atoms with Gasteiger partial charge in [-0.15, -0.1) is 0 Å². The minimum Gasteiger partial charge on any atom is -0.463 e. The van der Waals surface area contributed by atoms with Gasteiger partial charge in [0.25, 0.3) is 5.76 Å². The third kappa shape index (κ3) is 4.11. The van der Waals surface area contributed by atoms with Crippen LogP contribution >= 0.6 is 23.4 Å². The molecule has 0 spiro atoms. The van der Waals surface area contributed by atoms with Crippen LogP contribution in [0.4, 0.5) is 14.5 Å². The molecule has 0 bridgehead atoms. The number of hydrogen-bond acceptors (Lipinski definition) is 4. The van der Waals surface area contributed by atoms with Crippen molar-refractivity contribution in [3.8, 4) is 0 Å². The molecule has 7 heteroatoms. The normalized spacial score (nSPS) is 11.1. The van der Waals surface area contributed by atoms with Crippen LogP contribution in [0.5, 0.6) is 0 Å². The summed E-state index contributed by atoms with van der Waals surface area (Å²) in [5, 5.41) is 3.53. The van der Waals surface area contributed by atoms with Gasteiger partial charge in [0.1, 0.15) is 11.5 Å². The molecule has 0 atom stereocenters. The van der Waals surface area contributed by atoms with Crippen LogP contribution in [0.1, 0.15) is 17.1 Å². The first-order valence-corrected chi connectivity index (χ1v) is 7.31. The first kappa shape index (κ1) is 15.1. The standard InChI is InChI=1S/C13H13ClF2N2OS/c1-8-4-5-17-12(14)11(8)18-6-9-2-3-10(19-9)7-20-13(15)16/h2-5,13,18H,6-7H2,1H3. The molecule has 2 aromatic rings. The topological polar surface area (TPSA) is 38.1 Å². The fourth-order valence-corrected chi connectivity index (χ4v) is 2.37. The van der Waals surface area contributed by atoms with Crippen molar-refractivity contribution in [3.05, 3.63) is 46.6 Å². The number of rotatable bonds is 6. The van der Waals surface area contributed by atoms with E-state index in [9.17, 15) is 8.78 Å². The fraction of sp³-hybridized carbons (Fsp3) is 0.308. The van der Waals surface area contributed by atoms with E-state index >= 15 is 0 Å². The summed E-state index contributed by atoms with van der Waals surface area (Å²) in [6.07, 6.45) is 1.63. The summed E-state index contributed by atoms with van der Waals surface area (Å²) in [6, 6.07) is 5.30. The SMILES string of the molecule is Cc1ccnc(Cl)c1NCc1ccc(CSC(F)F)o1. The van der Waals surface area contributed by atoms with Crippen molar-refractivity contribution in [1.82, 2.24) is 4.98 Å². The molecule has 0 aliphatic rings. The minimum absolute atomic E-state index is 0.157. The van der Waals surface area contributed by atoms with Crippen LogP contribution < -0.4 is 5.32 Å². The van der Waals surface area contributed by atoms with Crippen LogP contribution in [-0.2, 0) is 12.3 Å². The van der Waals surface area contributed by atoms with Crippen molar-refractivity contribution in [1.29, 1.82) is 0 Å². The smallest absolute Gasteiger partial charge is 0.284 e. The molecule has 0 aromatic carbocycles. The van der Waals surface area contributed by atoms with Crippen molar-refractivity contribution >= 4 is 29.1 Å². The highest BCUT2D eigenvalue weighted by Crippen LogP contribution is 2.25. The van der Waals surface area contributed by atoms with Crippen molar-refractivity contribution in [2.75, 3.05) is 5.32 Å². The largest absolute Gasteiger partial charge is 0.463 e. The highest BCUT2D eigenvalue weighted by atomic mass is 35.5. The molecule has 0 fully saturated rings. The molecule has 2 heterocycles. The average molecular weight is 319 g/mol. The second-order valence-electron chi connectivity index (χ2n) is 4.09. The van der Waals surface area contributed by atoms with E-state index in [1.165, 1.54) is 0 Å². The molecule has 2 aromatic heterocycles. The van der Waals surface area contributed by atoms with Crippen LogP contribution in [0.2, 0.25) is 5.15 Å². The summed E-state index contributed by atoms with van der Waals surface area (Å²) in [6.45, 7) is 2.34. The van der Waals surface area contributed by atoms with Gasteiger partial charge in [-0.2, -0.15) is 8.78 Å². The van der Waals surface area contributed by atoms with E-state index in [-0.39, 0.29) is 5.75 Å². The number of furan rings is 1. The molecule has 0 saturated heterocycles. The van der Waals surface area contributed by atoms with Gasteiger partial charge in [0.2, 0.25) is 0 Å². The highest BCUT2D eigenvalue weighted by Gasteiger charge is 2.09. The Morgan fingerprint density at radius 2 is 2.10 bits per heavy atom. The Balaban J connectivity index is 1.94. The first-order valence-electron chi connectivity index (χ1n) is 5.88. The summed E-state index contributed by atoms with van der Waals surface area (Å²) in [5.74, 6) is -1.04. The molecule has 1 N–H and O–H groups in total. The predicted molar refractivity (Wildman–Crippen MR) is 77.3 cm³/mol. The molecule has 0 unspecified atom stereocenters.